The fraction of sp³-hybridized carbons (Fsp3) is 0.692. The van der Waals surface area contributed by atoms with Gasteiger partial charge in [-0.3, -0.25) is 9.89 Å². The molecule has 2 heterocycles. The molecule has 1 aromatic rings. The van der Waals surface area contributed by atoms with Crippen LogP contribution >= 0.6 is 12.4 Å². The highest BCUT2D eigenvalue weighted by Gasteiger charge is 2.22. The third-order valence-corrected chi connectivity index (χ3v) is 2.82. The van der Waals surface area contributed by atoms with Gasteiger partial charge in [0.1, 0.15) is 6.10 Å². The minimum absolute atomic E-state index is 0. The highest BCUT2D eigenvalue weighted by molar-refractivity contribution is 5.93. The number of morpholine rings is 1. The Morgan fingerprint density at radius 2 is 2.30 bits per heavy atom. The number of nitrogens with one attached hydrogen (secondary N) is 3. The summed E-state index contributed by atoms with van der Waals surface area (Å²) in [5.74, 6) is 0.402. The topological polar surface area (TPSA) is 79.0 Å². The number of H-pyrrole nitrogens is 1. The van der Waals surface area contributed by atoms with E-state index in [1.165, 1.54) is 0 Å². The number of carbonyl (C=O) groups excluding carboxylic acids is 1. The number of anilines is 1. The molecule has 1 saturated heterocycles. The third kappa shape index (κ3) is 5.11. The maximum atomic E-state index is 11.9. The average Bonchev–Trinajstić information content (AvgIpc) is 2.75. The predicted molar refractivity (Wildman–Crippen MR) is 80.2 cm³/mol. The smallest absolute Gasteiger partial charge is 0.256 e. The first-order chi connectivity index (χ1) is 8.94. The molecule has 1 amide bonds. The molecule has 1 aliphatic rings. The number of hydrogen-bond acceptors (Lipinski definition) is 4. The van der Waals surface area contributed by atoms with Crippen molar-refractivity contribution in [3.63, 3.8) is 0 Å². The molecule has 0 aromatic carbocycles. The quantitative estimate of drug-likeness (QED) is 0.787. The number of hydrogen-bond donors (Lipinski definition) is 3. The monoisotopic (exact) mass is 302 g/mol. The first kappa shape index (κ1) is 16.9. The van der Waals surface area contributed by atoms with Gasteiger partial charge in [0.05, 0.1) is 6.61 Å². The van der Waals surface area contributed by atoms with Crippen molar-refractivity contribution in [3.8, 4) is 0 Å². The second-order valence-corrected chi connectivity index (χ2v) is 6.07. The molecule has 0 aliphatic carbocycles. The van der Waals surface area contributed by atoms with E-state index in [2.05, 4.69) is 41.6 Å². The van der Waals surface area contributed by atoms with Gasteiger partial charge in [-0.15, -0.1) is 12.4 Å². The number of amides is 1. The summed E-state index contributed by atoms with van der Waals surface area (Å²) in [5.41, 5.74) is 1.20. The van der Waals surface area contributed by atoms with Crippen LogP contribution in [0.2, 0.25) is 0 Å². The van der Waals surface area contributed by atoms with Crippen molar-refractivity contribution in [2.75, 3.05) is 25.0 Å². The molecule has 1 aromatic heterocycles. The Bertz CT molecular complexity index is 436. The number of carbonyl (C=O) groups is 1. The number of halogens is 1. The van der Waals surface area contributed by atoms with Gasteiger partial charge in [0.15, 0.2) is 5.82 Å². The van der Waals surface area contributed by atoms with Gasteiger partial charge in [-0.25, -0.2) is 0 Å². The van der Waals surface area contributed by atoms with E-state index in [0.29, 0.717) is 19.0 Å². The minimum atomic E-state index is -0.434. The van der Waals surface area contributed by atoms with Crippen molar-refractivity contribution in [3.05, 3.63) is 11.8 Å². The van der Waals surface area contributed by atoms with Gasteiger partial charge < -0.3 is 15.4 Å². The molecule has 0 spiro atoms. The molecule has 0 radical (unpaired) electrons. The lowest BCUT2D eigenvalue weighted by Crippen LogP contribution is -2.45. The van der Waals surface area contributed by atoms with Crippen molar-refractivity contribution >= 4 is 24.1 Å². The highest BCUT2D eigenvalue weighted by Crippen LogP contribution is 2.20. The Labute approximate surface area is 125 Å². The summed E-state index contributed by atoms with van der Waals surface area (Å²) < 4.78 is 5.39. The van der Waals surface area contributed by atoms with Crippen molar-refractivity contribution in [2.45, 2.75) is 33.3 Å². The first-order valence-electron chi connectivity index (χ1n) is 6.61. The van der Waals surface area contributed by atoms with Crippen LogP contribution in [0.3, 0.4) is 0 Å². The van der Waals surface area contributed by atoms with Gasteiger partial charge in [-0.1, -0.05) is 20.8 Å². The lowest BCUT2D eigenvalue weighted by molar-refractivity contribution is -0.128. The van der Waals surface area contributed by atoms with Crippen LogP contribution in [-0.4, -0.2) is 41.9 Å². The molecule has 1 unspecified atom stereocenters. The Morgan fingerprint density at radius 3 is 2.90 bits per heavy atom. The van der Waals surface area contributed by atoms with Gasteiger partial charge in [-0.05, 0) is 11.8 Å². The molecule has 114 valence electrons. The van der Waals surface area contributed by atoms with Crippen LogP contribution in [0.15, 0.2) is 6.07 Å². The van der Waals surface area contributed by atoms with Crippen LogP contribution in [0, 0.1) is 5.41 Å². The predicted octanol–water partition coefficient (Wildman–Crippen LogP) is 1.35. The van der Waals surface area contributed by atoms with Gasteiger partial charge in [-0.2, -0.15) is 5.10 Å². The molecular weight excluding hydrogens is 280 g/mol. The zero-order valence-corrected chi connectivity index (χ0v) is 13.0. The number of ether oxygens (including phenoxy) is 1. The van der Waals surface area contributed by atoms with E-state index < -0.39 is 6.10 Å². The van der Waals surface area contributed by atoms with Crippen LogP contribution < -0.4 is 10.6 Å². The SMILES string of the molecule is CC(C)(C)Cc1cc(NC(=O)C2CNCCO2)n[nH]1.Cl. The first-order valence-corrected chi connectivity index (χ1v) is 6.61. The fourth-order valence-electron chi connectivity index (χ4n) is 2.03. The number of rotatable bonds is 3. The Hall–Kier alpha value is -1.11. The summed E-state index contributed by atoms with van der Waals surface area (Å²) in [4.78, 5) is 11.9. The van der Waals surface area contributed by atoms with Gasteiger partial charge >= 0.3 is 0 Å². The molecule has 3 N–H and O–H groups in total. The second kappa shape index (κ2) is 7.06. The minimum Gasteiger partial charge on any atom is -0.366 e. The van der Waals surface area contributed by atoms with Crippen molar-refractivity contribution in [1.82, 2.24) is 15.5 Å². The summed E-state index contributed by atoms with van der Waals surface area (Å²) in [6.45, 7) is 8.38. The van der Waals surface area contributed by atoms with Crippen LogP contribution in [0.5, 0.6) is 0 Å². The Balaban J connectivity index is 0.00000200. The van der Waals surface area contributed by atoms with Crippen LogP contribution in [0.1, 0.15) is 26.5 Å². The molecule has 0 saturated carbocycles. The zero-order valence-electron chi connectivity index (χ0n) is 12.2. The average molecular weight is 303 g/mol. The number of aromatic amines is 1. The molecule has 2 rings (SSSR count). The summed E-state index contributed by atoms with van der Waals surface area (Å²) in [6, 6.07) is 1.87. The largest absolute Gasteiger partial charge is 0.366 e. The van der Waals surface area contributed by atoms with Crippen molar-refractivity contribution in [1.29, 1.82) is 0 Å². The van der Waals surface area contributed by atoms with Crippen LogP contribution in [0.4, 0.5) is 5.82 Å². The Morgan fingerprint density at radius 1 is 1.55 bits per heavy atom. The standard InChI is InChI=1S/C13H22N4O2.ClH/c1-13(2,3)7-9-6-11(17-16-9)15-12(18)10-8-14-4-5-19-10;/h6,10,14H,4-5,7-8H2,1-3H3,(H2,15,16,17,18);1H. The summed E-state index contributed by atoms with van der Waals surface area (Å²) in [6.07, 6.45) is 0.452. The van der Waals surface area contributed by atoms with Gasteiger partial charge in [0.2, 0.25) is 0 Å². The van der Waals surface area contributed by atoms with Crippen molar-refractivity contribution in [2.24, 2.45) is 5.41 Å². The lowest BCUT2D eigenvalue weighted by atomic mass is 9.91. The molecule has 6 nitrogen and oxygen atoms in total. The summed E-state index contributed by atoms with van der Waals surface area (Å²) >= 11 is 0. The highest BCUT2D eigenvalue weighted by atomic mass is 35.5. The van der Waals surface area contributed by atoms with E-state index >= 15 is 0 Å². The fourth-order valence-corrected chi connectivity index (χ4v) is 2.03. The maximum absolute atomic E-state index is 11.9. The molecule has 7 heteroatoms. The lowest BCUT2D eigenvalue weighted by Gasteiger charge is -2.22. The Kier molecular flexibility index (Phi) is 5.98. The molecular formula is C13H23ClN4O2. The molecule has 0 bridgehead atoms. The molecule has 1 fully saturated rings. The second-order valence-electron chi connectivity index (χ2n) is 6.07. The van der Waals surface area contributed by atoms with E-state index in [-0.39, 0.29) is 23.7 Å². The molecule has 1 aliphatic heterocycles. The van der Waals surface area contributed by atoms with E-state index in [1.807, 2.05) is 6.07 Å². The van der Waals surface area contributed by atoms with Crippen LogP contribution in [0.25, 0.3) is 0 Å². The van der Waals surface area contributed by atoms with E-state index in [1.54, 1.807) is 0 Å². The molecule has 20 heavy (non-hydrogen) atoms. The zero-order chi connectivity index (χ0) is 13.9. The number of aromatic nitrogens is 2. The van der Waals surface area contributed by atoms with Crippen molar-refractivity contribution < 1.29 is 9.53 Å². The maximum Gasteiger partial charge on any atom is 0.256 e. The summed E-state index contributed by atoms with van der Waals surface area (Å²) in [7, 11) is 0. The van der Waals surface area contributed by atoms with Gasteiger partial charge in [0.25, 0.3) is 5.91 Å². The third-order valence-electron chi connectivity index (χ3n) is 2.82. The van der Waals surface area contributed by atoms with Crippen LogP contribution in [-0.2, 0) is 16.0 Å². The summed E-state index contributed by atoms with van der Waals surface area (Å²) in [5, 5.41) is 12.9. The number of nitrogens with zero attached hydrogens (tertiary/aromatic N) is 1. The normalized spacial score (nSPS) is 19.2. The molecule has 1 atom stereocenters. The van der Waals surface area contributed by atoms with E-state index in [9.17, 15) is 4.79 Å². The van der Waals surface area contributed by atoms with E-state index in [0.717, 1.165) is 18.7 Å². The van der Waals surface area contributed by atoms with Gasteiger partial charge in [0, 0.05) is 24.8 Å². The van der Waals surface area contributed by atoms with E-state index in [4.69, 9.17) is 4.74 Å².